The molecule has 1 N–H and O–H groups in total. The summed E-state index contributed by atoms with van der Waals surface area (Å²) in [5.41, 5.74) is 2.68. The first-order valence-electron chi connectivity index (χ1n) is 15.7. The maximum atomic E-state index is 14.0. The Hall–Kier alpha value is -4.50. The molecule has 0 unspecified atom stereocenters. The molecule has 0 bridgehead atoms. The van der Waals surface area contributed by atoms with Crippen LogP contribution in [0.2, 0.25) is 5.02 Å². The molecule has 2 fully saturated rings. The van der Waals surface area contributed by atoms with Crippen molar-refractivity contribution in [2.45, 2.75) is 57.0 Å². The van der Waals surface area contributed by atoms with Gasteiger partial charge in [0.2, 0.25) is 11.8 Å². The van der Waals surface area contributed by atoms with E-state index in [2.05, 4.69) is 17.4 Å². The van der Waals surface area contributed by atoms with Crippen LogP contribution in [-0.4, -0.2) is 53.2 Å². The zero-order chi connectivity index (χ0) is 32.2. The SMILES string of the molecule is O=C(N[C@@H](Cc1ccc(Cl)cc1)C(=O)N1CCC(c2ccccc2CN2CCCCC2=O)CC1)c1cc(=O)c2cc(F)ccc2o1. The van der Waals surface area contributed by atoms with Crippen molar-refractivity contribution in [3.05, 3.63) is 116 Å². The van der Waals surface area contributed by atoms with Crippen LogP contribution in [0, 0.1) is 5.82 Å². The minimum Gasteiger partial charge on any atom is -0.451 e. The first kappa shape index (κ1) is 31.5. The second-order valence-corrected chi connectivity index (χ2v) is 12.5. The summed E-state index contributed by atoms with van der Waals surface area (Å²) in [7, 11) is 0. The van der Waals surface area contributed by atoms with Gasteiger partial charge in [0.25, 0.3) is 5.91 Å². The van der Waals surface area contributed by atoms with Crippen LogP contribution in [0.4, 0.5) is 4.39 Å². The summed E-state index contributed by atoms with van der Waals surface area (Å²) in [6, 6.07) is 18.9. The van der Waals surface area contributed by atoms with Gasteiger partial charge in [-0.05, 0) is 78.6 Å². The van der Waals surface area contributed by atoms with Crippen LogP contribution >= 0.6 is 11.6 Å². The highest BCUT2D eigenvalue weighted by atomic mass is 35.5. The van der Waals surface area contributed by atoms with Gasteiger partial charge in [0.15, 0.2) is 11.2 Å². The number of carbonyl (C=O) groups is 3. The third kappa shape index (κ3) is 7.15. The number of likely N-dealkylation sites (tertiary alicyclic amines) is 2. The number of nitrogens with one attached hydrogen (secondary N) is 1. The summed E-state index contributed by atoms with van der Waals surface area (Å²) in [6.45, 7) is 2.39. The lowest BCUT2D eigenvalue weighted by Gasteiger charge is -2.36. The highest BCUT2D eigenvalue weighted by molar-refractivity contribution is 6.30. The number of hydrogen-bond donors (Lipinski definition) is 1. The molecule has 3 amide bonds. The standard InChI is InChI=1S/C36H35ClFN3O5/c37-26-10-8-23(9-11-26)19-30(39-35(44)33-21-31(42)29-20-27(38)12-13-32(29)46-33)36(45)40-17-14-24(15-18-40)28-6-2-1-5-25(28)22-41-16-4-3-7-34(41)43/h1-2,5-6,8-13,20-21,24,30H,3-4,7,14-19,22H2,(H,39,44)/t30-/m0/s1. The van der Waals surface area contributed by atoms with Crippen molar-refractivity contribution < 1.29 is 23.2 Å². The minimum absolute atomic E-state index is 0.0253. The highest BCUT2D eigenvalue weighted by Gasteiger charge is 2.32. The van der Waals surface area contributed by atoms with Crippen LogP contribution in [0.3, 0.4) is 0 Å². The van der Waals surface area contributed by atoms with Crippen molar-refractivity contribution in [1.29, 1.82) is 0 Å². The number of carbonyl (C=O) groups excluding carboxylic acids is 3. The largest absolute Gasteiger partial charge is 0.451 e. The Labute approximate surface area is 271 Å². The number of piperidine rings is 2. The van der Waals surface area contributed by atoms with Gasteiger partial charge in [-0.3, -0.25) is 19.2 Å². The average Bonchev–Trinajstić information content (AvgIpc) is 3.06. The molecule has 3 heterocycles. The zero-order valence-electron chi connectivity index (χ0n) is 25.3. The van der Waals surface area contributed by atoms with E-state index < -0.39 is 23.2 Å². The highest BCUT2D eigenvalue weighted by Crippen LogP contribution is 2.32. The van der Waals surface area contributed by atoms with E-state index >= 15 is 0 Å². The molecule has 3 aromatic carbocycles. The van der Waals surface area contributed by atoms with E-state index in [1.807, 2.05) is 17.0 Å². The first-order valence-corrected chi connectivity index (χ1v) is 16.1. The van der Waals surface area contributed by atoms with Crippen LogP contribution in [0.5, 0.6) is 0 Å². The Balaban J connectivity index is 1.17. The Kier molecular flexibility index (Phi) is 9.49. The smallest absolute Gasteiger partial charge is 0.287 e. The Morgan fingerprint density at radius 1 is 0.957 bits per heavy atom. The van der Waals surface area contributed by atoms with Gasteiger partial charge in [0.05, 0.1) is 5.39 Å². The third-order valence-corrected chi connectivity index (χ3v) is 9.21. The number of hydrogen-bond acceptors (Lipinski definition) is 5. The number of halogens is 2. The van der Waals surface area contributed by atoms with Gasteiger partial charge in [-0.15, -0.1) is 0 Å². The zero-order valence-corrected chi connectivity index (χ0v) is 26.1. The van der Waals surface area contributed by atoms with Crippen molar-refractivity contribution in [1.82, 2.24) is 15.1 Å². The maximum absolute atomic E-state index is 14.0. The molecule has 2 aliphatic heterocycles. The van der Waals surface area contributed by atoms with Gasteiger partial charge in [0, 0.05) is 50.1 Å². The van der Waals surface area contributed by atoms with Gasteiger partial charge in [-0.1, -0.05) is 48.0 Å². The molecular formula is C36H35ClFN3O5. The van der Waals surface area contributed by atoms with E-state index in [-0.39, 0.29) is 40.9 Å². The number of rotatable bonds is 8. The van der Waals surface area contributed by atoms with Gasteiger partial charge < -0.3 is 19.5 Å². The number of fused-ring (bicyclic) bond motifs is 1. The van der Waals surface area contributed by atoms with Crippen LogP contribution in [-0.2, 0) is 22.6 Å². The predicted octanol–water partition coefficient (Wildman–Crippen LogP) is 5.85. The molecule has 46 heavy (non-hydrogen) atoms. The molecular weight excluding hydrogens is 609 g/mol. The lowest BCUT2D eigenvalue weighted by molar-refractivity contribution is -0.135. The van der Waals surface area contributed by atoms with Crippen molar-refractivity contribution in [3.8, 4) is 0 Å². The topological polar surface area (TPSA) is 99.9 Å². The molecule has 0 radical (unpaired) electrons. The predicted molar refractivity (Wildman–Crippen MR) is 173 cm³/mol. The van der Waals surface area contributed by atoms with Crippen LogP contribution < -0.4 is 10.7 Å². The summed E-state index contributed by atoms with van der Waals surface area (Å²) in [4.78, 5) is 56.2. The fourth-order valence-electron chi connectivity index (χ4n) is 6.47. The maximum Gasteiger partial charge on any atom is 0.287 e. The van der Waals surface area contributed by atoms with Crippen molar-refractivity contribution in [2.75, 3.05) is 19.6 Å². The fraction of sp³-hybridized carbons (Fsp3) is 0.333. The monoisotopic (exact) mass is 643 g/mol. The first-order chi connectivity index (χ1) is 22.2. The summed E-state index contributed by atoms with van der Waals surface area (Å²) in [6.07, 6.45) is 4.26. The third-order valence-electron chi connectivity index (χ3n) is 8.95. The molecule has 8 nitrogen and oxygen atoms in total. The molecule has 6 rings (SSSR count). The van der Waals surface area contributed by atoms with Crippen molar-refractivity contribution in [3.63, 3.8) is 0 Å². The molecule has 1 atom stereocenters. The van der Waals surface area contributed by atoms with E-state index in [1.54, 1.807) is 29.2 Å². The molecule has 2 saturated heterocycles. The lowest BCUT2D eigenvalue weighted by Crippen LogP contribution is -2.51. The van der Waals surface area contributed by atoms with Gasteiger partial charge in [-0.2, -0.15) is 0 Å². The minimum atomic E-state index is -0.933. The average molecular weight is 644 g/mol. The van der Waals surface area contributed by atoms with E-state index in [0.29, 0.717) is 31.1 Å². The summed E-state index contributed by atoms with van der Waals surface area (Å²) in [5.74, 6) is -1.37. The normalized spacial score (nSPS) is 16.4. The van der Waals surface area contributed by atoms with Gasteiger partial charge >= 0.3 is 0 Å². The van der Waals surface area contributed by atoms with E-state index in [0.717, 1.165) is 61.6 Å². The summed E-state index contributed by atoms with van der Waals surface area (Å²) >= 11 is 6.08. The Morgan fingerprint density at radius 3 is 2.48 bits per heavy atom. The fourth-order valence-corrected chi connectivity index (χ4v) is 6.59. The second kappa shape index (κ2) is 13.9. The number of benzene rings is 3. The molecule has 2 aliphatic rings. The Bertz CT molecular complexity index is 1820. The van der Waals surface area contributed by atoms with E-state index in [9.17, 15) is 23.6 Å². The van der Waals surface area contributed by atoms with Gasteiger partial charge in [0.1, 0.15) is 17.4 Å². The molecule has 0 spiro atoms. The summed E-state index contributed by atoms with van der Waals surface area (Å²) < 4.78 is 19.3. The molecule has 4 aromatic rings. The van der Waals surface area contributed by atoms with Crippen LogP contribution in [0.25, 0.3) is 11.0 Å². The lowest BCUT2D eigenvalue weighted by atomic mass is 9.86. The molecule has 238 valence electrons. The number of amides is 3. The van der Waals surface area contributed by atoms with Crippen LogP contribution in [0.1, 0.15) is 65.3 Å². The number of nitrogens with zero attached hydrogens (tertiary/aromatic N) is 2. The quantitative estimate of drug-likeness (QED) is 0.260. The van der Waals surface area contributed by atoms with Crippen molar-refractivity contribution >= 4 is 40.3 Å². The summed E-state index contributed by atoms with van der Waals surface area (Å²) in [5, 5.41) is 3.37. The molecule has 1 aromatic heterocycles. The Morgan fingerprint density at radius 2 is 1.72 bits per heavy atom. The van der Waals surface area contributed by atoms with Crippen LogP contribution in [0.15, 0.2) is 82.0 Å². The van der Waals surface area contributed by atoms with Gasteiger partial charge in [-0.25, -0.2) is 4.39 Å². The van der Waals surface area contributed by atoms with Crippen molar-refractivity contribution in [2.24, 2.45) is 0 Å². The second-order valence-electron chi connectivity index (χ2n) is 12.0. The molecule has 10 heteroatoms. The van der Waals surface area contributed by atoms with E-state index in [1.165, 1.54) is 11.6 Å². The van der Waals surface area contributed by atoms with E-state index in [4.69, 9.17) is 16.0 Å². The molecule has 0 saturated carbocycles. The molecule has 0 aliphatic carbocycles.